The number of nitrogens with zero attached hydrogens (tertiary/aromatic N) is 1. The molecule has 36 heavy (non-hydrogen) atoms. The molecule has 0 radical (unpaired) electrons. The Labute approximate surface area is 210 Å². The molecule has 3 rings (SSSR count). The first-order valence-electron chi connectivity index (χ1n) is 11.3. The summed E-state index contributed by atoms with van der Waals surface area (Å²) >= 11 is 0. The van der Waals surface area contributed by atoms with Gasteiger partial charge in [-0.2, -0.15) is 5.26 Å². The van der Waals surface area contributed by atoms with Crippen molar-refractivity contribution in [3.8, 4) is 6.07 Å². The maximum Gasteiger partial charge on any atom is 0.340 e. The zero-order valence-electron chi connectivity index (χ0n) is 20.6. The SMILES string of the molecule is Cc1ccc(C(=O)N[13c]2[13cH][13cH][13cH][13c](C=C(C#N)C(=O)Nc3ccccc3C(=O)OC(C)(C)C)[13cH]2)cc1. The van der Waals surface area contributed by atoms with Gasteiger partial charge in [-0.15, -0.1) is 0 Å². The summed E-state index contributed by atoms with van der Waals surface area (Å²) in [4.78, 5) is 37.9. The Bertz CT molecular complexity index is 1360. The van der Waals surface area contributed by atoms with E-state index in [0.717, 1.165) is 5.56 Å². The number of nitrogens with one attached hydrogen (secondary N) is 2. The molecule has 0 atom stereocenters. The zero-order valence-corrected chi connectivity index (χ0v) is 20.6. The van der Waals surface area contributed by atoms with Crippen LogP contribution in [-0.2, 0) is 9.53 Å². The van der Waals surface area contributed by atoms with Gasteiger partial charge in [-0.25, -0.2) is 4.79 Å². The van der Waals surface area contributed by atoms with E-state index in [1.807, 2.05) is 25.1 Å². The zero-order chi connectivity index (χ0) is 26.3. The number of benzene rings is 3. The Morgan fingerprint density at radius 2 is 1.61 bits per heavy atom. The number of hydrogen-bond acceptors (Lipinski definition) is 5. The fraction of sp³-hybridized carbons (Fsp3) is 0.172. The molecule has 0 fully saturated rings. The lowest BCUT2D eigenvalue weighted by molar-refractivity contribution is -0.112. The van der Waals surface area contributed by atoms with Crippen molar-refractivity contribution in [2.75, 3.05) is 10.6 Å². The van der Waals surface area contributed by atoms with Crippen molar-refractivity contribution in [1.29, 1.82) is 5.26 Å². The number of ether oxygens (including phenoxy) is 1. The smallest absolute Gasteiger partial charge is 0.340 e. The number of hydrogen-bond donors (Lipinski definition) is 2. The molecule has 0 aliphatic rings. The molecule has 7 nitrogen and oxygen atoms in total. The number of anilines is 2. The van der Waals surface area contributed by atoms with Crippen LogP contribution in [0, 0.1) is 18.3 Å². The van der Waals surface area contributed by atoms with Crippen LogP contribution in [0.3, 0.4) is 0 Å². The van der Waals surface area contributed by atoms with E-state index in [9.17, 15) is 19.6 Å². The molecule has 2 amide bonds. The highest BCUT2D eigenvalue weighted by molar-refractivity contribution is 6.12. The number of carbonyl (C=O) groups is 3. The quantitative estimate of drug-likeness (QED) is 0.262. The summed E-state index contributed by atoms with van der Waals surface area (Å²) < 4.78 is 5.41. The summed E-state index contributed by atoms with van der Waals surface area (Å²) in [6.45, 7) is 7.19. The number of nitriles is 1. The molecule has 3 aromatic rings. The Balaban J connectivity index is 1.78. The van der Waals surface area contributed by atoms with Crippen LogP contribution in [0.1, 0.15) is 52.6 Å². The Morgan fingerprint density at radius 1 is 0.917 bits per heavy atom. The first-order valence-corrected chi connectivity index (χ1v) is 11.3. The molecule has 2 N–H and O–H groups in total. The Hall–Kier alpha value is -4.70. The van der Waals surface area contributed by atoms with Crippen molar-refractivity contribution >= 4 is 35.2 Å². The molecule has 0 aliphatic heterocycles. The summed E-state index contributed by atoms with van der Waals surface area (Å²) in [6.07, 6.45) is 1.41. The number of rotatable bonds is 6. The summed E-state index contributed by atoms with van der Waals surface area (Å²) in [5.74, 6) is -1.53. The largest absolute Gasteiger partial charge is 0.456 e. The fourth-order valence-corrected chi connectivity index (χ4v) is 3.22. The molecule has 0 saturated heterocycles. The maximum atomic E-state index is 12.9. The van der Waals surface area contributed by atoms with E-state index < -0.39 is 17.5 Å². The van der Waals surface area contributed by atoms with Crippen LogP contribution in [0.15, 0.2) is 78.4 Å². The van der Waals surface area contributed by atoms with Gasteiger partial charge in [0.15, 0.2) is 0 Å². The molecule has 7 heteroatoms. The monoisotopic (exact) mass is 487 g/mol. The van der Waals surface area contributed by atoms with Crippen molar-refractivity contribution in [3.63, 3.8) is 0 Å². The first kappa shape index (κ1) is 25.9. The normalized spacial score (nSPS) is 11.2. The van der Waals surface area contributed by atoms with E-state index in [1.165, 1.54) is 6.08 Å². The molecule has 0 bridgehead atoms. The molecule has 0 saturated carbocycles. The van der Waals surface area contributed by atoms with Gasteiger partial charge in [0.05, 0.1) is 11.3 Å². The second-order valence-electron chi connectivity index (χ2n) is 9.12. The highest BCUT2D eigenvalue weighted by Crippen LogP contribution is 2.21. The number of amides is 2. The number of aryl methyl sites for hydroxylation is 1. The van der Waals surface area contributed by atoms with E-state index in [0.29, 0.717) is 16.8 Å². The van der Waals surface area contributed by atoms with E-state index in [4.69, 9.17) is 4.74 Å². The van der Waals surface area contributed by atoms with E-state index >= 15 is 0 Å². The fourth-order valence-electron chi connectivity index (χ4n) is 3.22. The van der Waals surface area contributed by atoms with Crippen LogP contribution in [0.25, 0.3) is 6.08 Å². The molecule has 0 aromatic heterocycles. The van der Waals surface area contributed by atoms with Gasteiger partial charge in [0.1, 0.15) is 17.2 Å². The Kier molecular flexibility index (Phi) is 8.03. The summed E-state index contributed by atoms with van der Waals surface area (Å²) in [5.41, 5.74) is 2.17. The van der Waals surface area contributed by atoms with Gasteiger partial charge in [-0.05, 0) is 75.7 Å². The lowest BCUT2D eigenvalue weighted by Crippen LogP contribution is -2.25. The molecule has 0 heterocycles. The molecule has 0 aliphatic carbocycles. The van der Waals surface area contributed by atoms with Crippen LogP contribution < -0.4 is 10.6 Å². The van der Waals surface area contributed by atoms with Crippen molar-refractivity contribution < 1.29 is 19.1 Å². The average Bonchev–Trinajstić information content (AvgIpc) is 2.82. The standard InChI is InChI=1S/C29H27N3O4/c1-19-12-14-21(15-13-19)26(33)31-23-9-7-8-20(17-23)16-22(18-30)27(34)32-25-11-6-5-10-24(25)28(35)36-29(2,3)4/h5-17H,1-4H3,(H,31,33)(H,32,34)/i7+1,8+1,9+1,17+1,20+1,23+1. The Morgan fingerprint density at radius 3 is 2.28 bits per heavy atom. The number of para-hydroxylation sites is 1. The van der Waals surface area contributed by atoms with Crippen LogP contribution in [0.4, 0.5) is 11.4 Å². The second-order valence-corrected chi connectivity index (χ2v) is 9.12. The third kappa shape index (κ3) is 7.15. The van der Waals surface area contributed by atoms with E-state index in [1.54, 1.807) is 81.4 Å². The minimum absolute atomic E-state index is 0.170. The van der Waals surface area contributed by atoms with Crippen LogP contribution >= 0.6 is 0 Å². The molecule has 3 aromatic carbocycles. The maximum absolute atomic E-state index is 12.9. The minimum atomic E-state index is -0.703. The average molecular weight is 488 g/mol. The van der Waals surface area contributed by atoms with Crippen molar-refractivity contribution in [2.45, 2.75) is 33.3 Å². The molecule has 182 valence electrons. The summed E-state index contributed by atoms with van der Waals surface area (Å²) in [6, 6.07) is 22.3. The van der Waals surface area contributed by atoms with Crippen LogP contribution in [0.2, 0.25) is 0 Å². The van der Waals surface area contributed by atoms with Gasteiger partial charge < -0.3 is 15.4 Å². The van der Waals surface area contributed by atoms with Crippen LogP contribution in [-0.4, -0.2) is 23.4 Å². The lowest BCUT2D eigenvalue weighted by Gasteiger charge is -2.20. The third-order valence-electron chi connectivity index (χ3n) is 4.93. The number of esters is 1. The van der Waals surface area contributed by atoms with Crippen molar-refractivity contribution in [3.05, 3.63) is 101 Å². The minimum Gasteiger partial charge on any atom is -0.456 e. The van der Waals surface area contributed by atoms with Crippen LogP contribution in [0.5, 0.6) is 0 Å². The van der Waals surface area contributed by atoms with Gasteiger partial charge in [0, 0.05) is 11.3 Å². The van der Waals surface area contributed by atoms with E-state index in [-0.39, 0.29) is 22.7 Å². The molecule has 0 unspecified atom stereocenters. The number of carbonyl (C=O) groups excluding carboxylic acids is 3. The lowest BCUT2D eigenvalue weighted by atomic mass is 10.1. The second kappa shape index (κ2) is 11.2. The highest BCUT2D eigenvalue weighted by atomic mass is 16.6. The van der Waals surface area contributed by atoms with Gasteiger partial charge in [0.25, 0.3) is 11.8 Å². The summed E-state index contributed by atoms with van der Waals surface area (Å²) in [7, 11) is 0. The van der Waals surface area contributed by atoms with Gasteiger partial charge >= 0.3 is 5.97 Å². The third-order valence-corrected chi connectivity index (χ3v) is 4.93. The van der Waals surface area contributed by atoms with Gasteiger partial charge in [-0.3, -0.25) is 9.59 Å². The highest BCUT2D eigenvalue weighted by Gasteiger charge is 2.21. The molecular formula is C29H27N3O4. The topological polar surface area (TPSA) is 108 Å². The van der Waals surface area contributed by atoms with Crippen molar-refractivity contribution in [2.24, 2.45) is 0 Å². The summed E-state index contributed by atoms with van der Waals surface area (Å²) in [5, 5.41) is 15.0. The molecule has 0 spiro atoms. The van der Waals surface area contributed by atoms with Crippen molar-refractivity contribution in [1.82, 2.24) is 0 Å². The van der Waals surface area contributed by atoms with Gasteiger partial charge in [-0.1, -0.05) is 42.0 Å². The van der Waals surface area contributed by atoms with Gasteiger partial charge in [0.2, 0.25) is 0 Å². The predicted octanol–water partition coefficient (Wildman–Crippen LogP) is 5.75. The predicted molar refractivity (Wildman–Crippen MR) is 139 cm³/mol. The first-order chi connectivity index (χ1) is 17.1. The molecular weight excluding hydrogens is 460 g/mol. The van der Waals surface area contributed by atoms with E-state index in [2.05, 4.69) is 10.6 Å².